The van der Waals surface area contributed by atoms with Crippen molar-refractivity contribution in [1.82, 2.24) is 0 Å². The SMILES string of the molecule is CCCCCCCCCCCCCCCCCC1=CS/C(=C2\SC=C(SCCCSC3=CS/C(=C4\SC=C(CCCCCCCCCCCCCCCCC)S4)S3)S2)S1. The van der Waals surface area contributed by atoms with Crippen LogP contribution in [0.1, 0.15) is 226 Å². The number of rotatable bonds is 38. The van der Waals surface area contributed by atoms with Crippen LogP contribution in [0.5, 0.6) is 0 Å². The van der Waals surface area contributed by atoms with Gasteiger partial charge in [-0.15, -0.1) is 23.5 Å². The van der Waals surface area contributed by atoms with Crippen molar-refractivity contribution in [3.05, 3.63) is 56.9 Å². The Kier molecular flexibility index (Phi) is 33.7. The van der Waals surface area contributed by atoms with E-state index in [1.165, 1.54) is 249 Å². The highest BCUT2D eigenvalue weighted by Crippen LogP contribution is 2.59. The molecule has 0 unspecified atom stereocenters. The number of hydrogen-bond donors (Lipinski definition) is 0. The number of hydrogen-bond acceptors (Lipinski definition) is 10. The zero-order chi connectivity index (χ0) is 41.3. The van der Waals surface area contributed by atoms with Gasteiger partial charge in [0.05, 0.1) is 25.4 Å². The van der Waals surface area contributed by atoms with Gasteiger partial charge in [0.2, 0.25) is 0 Å². The van der Waals surface area contributed by atoms with E-state index in [9.17, 15) is 0 Å². The van der Waals surface area contributed by atoms with Crippen LogP contribution >= 0.6 is 118 Å². The minimum absolute atomic E-state index is 1.22. The minimum atomic E-state index is 1.22. The Hall–Kier alpha value is 1.94. The summed E-state index contributed by atoms with van der Waals surface area (Å²) in [5, 5.41) is 9.69. The molecule has 0 aromatic carbocycles. The molecule has 0 amide bonds. The van der Waals surface area contributed by atoms with E-state index in [1.807, 2.05) is 70.6 Å². The molecule has 336 valence electrons. The van der Waals surface area contributed by atoms with Crippen molar-refractivity contribution in [2.75, 3.05) is 11.5 Å². The van der Waals surface area contributed by atoms with E-state index in [2.05, 4.69) is 82.5 Å². The van der Waals surface area contributed by atoms with Crippen LogP contribution in [0.2, 0.25) is 0 Å². The van der Waals surface area contributed by atoms with Crippen LogP contribution in [-0.4, -0.2) is 11.5 Å². The second-order valence-electron chi connectivity index (χ2n) is 16.5. The summed E-state index contributed by atoms with van der Waals surface area (Å²) in [6, 6.07) is 0. The Labute approximate surface area is 407 Å². The average molecular weight is 990 g/mol. The summed E-state index contributed by atoms with van der Waals surface area (Å²) in [5.74, 6) is 2.44. The lowest BCUT2D eigenvalue weighted by molar-refractivity contribution is 0.532. The van der Waals surface area contributed by atoms with E-state index in [1.54, 1.807) is 9.81 Å². The highest BCUT2D eigenvalue weighted by atomic mass is 32.2. The largest absolute Gasteiger partial charge is 0.118 e. The zero-order valence-corrected chi connectivity index (χ0v) is 45.3. The lowest BCUT2D eigenvalue weighted by Gasteiger charge is -2.06. The second-order valence-corrected chi connectivity index (χ2v) is 28.2. The van der Waals surface area contributed by atoms with Gasteiger partial charge >= 0.3 is 0 Å². The van der Waals surface area contributed by atoms with Crippen LogP contribution in [0.3, 0.4) is 0 Å². The van der Waals surface area contributed by atoms with Gasteiger partial charge in [-0.1, -0.05) is 288 Å². The van der Waals surface area contributed by atoms with Crippen molar-refractivity contribution in [2.24, 2.45) is 0 Å². The molecule has 0 atom stereocenters. The highest BCUT2D eigenvalue weighted by Gasteiger charge is 2.23. The number of allylic oxidation sites excluding steroid dienone is 2. The predicted molar refractivity (Wildman–Crippen MR) is 296 cm³/mol. The molecule has 4 aliphatic heterocycles. The standard InChI is InChI=1S/C49H80S10/c1-3-5-7-9-11-13-15-17-19-21-23-25-27-29-31-34-42-38-52-46(56-42)48-54-40-44(58-48)50-36-33-37-51-45-41-55-49(59-45)47-53-39-43(57-47)35-32-30-28-26-24-22-20-18-16-14-12-10-8-6-4-2/h38-41H,3-37H2,1-2H3/b48-46-,49-47-. The lowest BCUT2D eigenvalue weighted by Crippen LogP contribution is -1.84. The summed E-state index contributed by atoms with van der Waals surface area (Å²) < 4.78 is 9.08. The summed E-state index contributed by atoms with van der Waals surface area (Å²) in [4.78, 5) is 3.19. The monoisotopic (exact) mass is 988 g/mol. The molecular formula is C49H80S10. The fraction of sp³-hybridized carbons (Fsp3) is 0.755. The summed E-state index contributed by atoms with van der Waals surface area (Å²) >= 11 is 20.2. The van der Waals surface area contributed by atoms with Gasteiger partial charge in [0, 0.05) is 0 Å². The van der Waals surface area contributed by atoms with E-state index in [0.717, 1.165) is 0 Å². The first-order chi connectivity index (χ1) is 29.2. The molecule has 4 aliphatic rings. The van der Waals surface area contributed by atoms with Crippen LogP contribution in [-0.2, 0) is 0 Å². The van der Waals surface area contributed by atoms with E-state index in [0.29, 0.717) is 0 Å². The molecule has 10 heteroatoms. The molecule has 0 bridgehead atoms. The van der Waals surface area contributed by atoms with Gasteiger partial charge < -0.3 is 0 Å². The van der Waals surface area contributed by atoms with Crippen LogP contribution in [0, 0.1) is 0 Å². The second kappa shape index (κ2) is 37.1. The first-order valence-corrected chi connectivity index (χ1v) is 32.9. The summed E-state index contributed by atoms with van der Waals surface area (Å²) in [6.07, 6.45) is 47.0. The molecule has 59 heavy (non-hydrogen) atoms. The Morgan fingerprint density at radius 1 is 0.305 bits per heavy atom. The smallest absolute Gasteiger partial charge is 0.0705 e. The molecule has 4 rings (SSSR count). The molecule has 0 nitrogen and oxygen atoms in total. The number of unbranched alkanes of at least 4 members (excludes halogenated alkanes) is 28. The van der Waals surface area contributed by atoms with Gasteiger partial charge in [0.1, 0.15) is 0 Å². The normalized spacial score (nSPS) is 19.3. The fourth-order valence-corrected chi connectivity index (χ4v) is 20.5. The van der Waals surface area contributed by atoms with E-state index in [-0.39, 0.29) is 0 Å². The molecule has 0 saturated carbocycles. The van der Waals surface area contributed by atoms with Gasteiger partial charge in [-0.25, -0.2) is 0 Å². The molecule has 0 radical (unpaired) electrons. The predicted octanol–water partition coefficient (Wildman–Crippen LogP) is 22.8. The Morgan fingerprint density at radius 3 is 0.898 bits per heavy atom. The van der Waals surface area contributed by atoms with Crippen molar-refractivity contribution in [3.63, 3.8) is 0 Å². The molecule has 0 aromatic rings. The van der Waals surface area contributed by atoms with Gasteiger partial charge in [0.25, 0.3) is 0 Å². The minimum Gasteiger partial charge on any atom is -0.118 e. The summed E-state index contributed by atoms with van der Waals surface area (Å²) in [5.41, 5.74) is 0. The molecular weight excluding hydrogens is 909 g/mol. The number of thioether (sulfide) groups is 10. The molecule has 0 fully saturated rings. The summed E-state index contributed by atoms with van der Waals surface area (Å²) in [7, 11) is 0. The van der Waals surface area contributed by atoms with Gasteiger partial charge in [-0.05, 0) is 75.1 Å². The first kappa shape index (κ1) is 53.6. The Balaban J connectivity index is 0.907. The highest BCUT2D eigenvalue weighted by molar-refractivity contribution is 8.38. The maximum atomic E-state index is 2.44. The van der Waals surface area contributed by atoms with Crippen molar-refractivity contribution >= 4 is 118 Å². The quantitative estimate of drug-likeness (QED) is 0.0546. The van der Waals surface area contributed by atoms with Crippen LogP contribution < -0.4 is 0 Å². The van der Waals surface area contributed by atoms with Gasteiger partial charge in [-0.3, -0.25) is 0 Å². The summed E-state index contributed by atoms with van der Waals surface area (Å²) in [6.45, 7) is 4.62. The van der Waals surface area contributed by atoms with Crippen molar-refractivity contribution < 1.29 is 0 Å². The van der Waals surface area contributed by atoms with E-state index < -0.39 is 0 Å². The van der Waals surface area contributed by atoms with Crippen molar-refractivity contribution in [2.45, 2.75) is 226 Å². The third-order valence-electron chi connectivity index (χ3n) is 11.1. The molecule has 0 aromatic heterocycles. The van der Waals surface area contributed by atoms with Crippen LogP contribution in [0.25, 0.3) is 0 Å². The molecule has 0 spiro atoms. The average Bonchev–Trinajstić information content (AvgIpc) is 4.09. The first-order valence-electron chi connectivity index (χ1n) is 24.2. The Bertz CT molecular complexity index is 1210. The topological polar surface area (TPSA) is 0 Å². The molecule has 4 heterocycles. The van der Waals surface area contributed by atoms with E-state index >= 15 is 0 Å². The van der Waals surface area contributed by atoms with E-state index in [4.69, 9.17) is 0 Å². The van der Waals surface area contributed by atoms with Gasteiger partial charge in [0.15, 0.2) is 0 Å². The third kappa shape index (κ3) is 26.0. The molecule has 0 N–H and O–H groups in total. The zero-order valence-electron chi connectivity index (χ0n) is 37.1. The maximum Gasteiger partial charge on any atom is 0.0705 e. The lowest BCUT2D eigenvalue weighted by atomic mass is 10.0. The van der Waals surface area contributed by atoms with Crippen LogP contribution in [0.4, 0.5) is 0 Å². The van der Waals surface area contributed by atoms with Crippen LogP contribution in [0.15, 0.2) is 56.9 Å². The molecule has 0 saturated heterocycles. The third-order valence-corrected chi connectivity index (χ3v) is 24.7. The van der Waals surface area contributed by atoms with Crippen molar-refractivity contribution in [1.29, 1.82) is 0 Å². The maximum absolute atomic E-state index is 2.44. The van der Waals surface area contributed by atoms with Crippen molar-refractivity contribution in [3.8, 4) is 0 Å². The van der Waals surface area contributed by atoms with Gasteiger partial charge in [-0.2, -0.15) is 0 Å². The Morgan fingerprint density at radius 2 is 0.576 bits per heavy atom. The fourth-order valence-electron chi connectivity index (χ4n) is 7.51. The molecule has 0 aliphatic carbocycles.